The summed E-state index contributed by atoms with van der Waals surface area (Å²) < 4.78 is 43.4. The maximum absolute atomic E-state index is 12.6. The van der Waals surface area contributed by atoms with Gasteiger partial charge < -0.3 is 9.73 Å². The number of rotatable bonds is 6. The number of hydrogen-bond acceptors (Lipinski definition) is 3. The highest BCUT2D eigenvalue weighted by Gasteiger charge is 2.41. The largest absolute Gasteiger partial charge is 0.468 e. The maximum atomic E-state index is 12.6. The molecule has 0 radical (unpaired) electrons. The molecule has 0 atom stereocenters. The molecule has 0 aliphatic carbocycles. The van der Waals surface area contributed by atoms with E-state index in [0.717, 1.165) is 24.3 Å². The highest BCUT2D eigenvalue weighted by Crippen LogP contribution is 2.34. The van der Waals surface area contributed by atoms with Crippen molar-refractivity contribution in [1.29, 1.82) is 0 Å². The van der Waals surface area contributed by atoms with Gasteiger partial charge in [-0.1, -0.05) is 6.92 Å². The van der Waals surface area contributed by atoms with Crippen LogP contribution >= 0.6 is 0 Å². The molecule has 0 spiro atoms. The van der Waals surface area contributed by atoms with Crippen molar-refractivity contribution in [2.24, 2.45) is 5.92 Å². The number of furan rings is 1. The zero-order valence-corrected chi connectivity index (χ0v) is 12.4. The SMILES string of the molecule is CCCNCc1occc1CN1CCC(C(F)(F)F)CC1. The van der Waals surface area contributed by atoms with Gasteiger partial charge in [0, 0.05) is 12.1 Å². The monoisotopic (exact) mass is 304 g/mol. The molecule has 3 nitrogen and oxygen atoms in total. The molecule has 1 saturated heterocycles. The van der Waals surface area contributed by atoms with Crippen molar-refractivity contribution in [3.05, 3.63) is 23.7 Å². The first-order valence-electron chi connectivity index (χ1n) is 7.55. The number of piperidine rings is 1. The van der Waals surface area contributed by atoms with Crippen LogP contribution < -0.4 is 5.32 Å². The third-order valence-corrected chi connectivity index (χ3v) is 3.99. The number of halogens is 3. The van der Waals surface area contributed by atoms with Crippen molar-refractivity contribution in [2.45, 2.75) is 45.5 Å². The Labute approximate surface area is 123 Å². The molecule has 1 fully saturated rings. The Morgan fingerprint density at radius 2 is 2.05 bits per heavy atom. The first kappa shape index (κ1) is 16.4. The topological polar surface area (TPSA) is 28.4 Å². The van der Waals surface area contributed by atoms with Crippen LogP contribution in [0.3, 0.4) is 0 Å². The predicted octanol–water partition coefficient (Wildman–Crippen LogP) is 3.55. The van der Waals surface area contributed by atoms with E-state index in [9.17, 15) is 13.2 Å². The lowest BCUT2D eigenvalue weighted by atomic mass is 9.96. The summed E-state index contributed by atoms with van der Waals surface area (Å²) in [4.78, 5) is 2.08. The van der Waals surface area contributed by atoms with E-state index in [0.29, 0.717) is 26.2 Å². The van der Waals surface area contributed by atoms with Crippen molar-refractivity contribution in [3.63, 3.8) is 0 Å². The molecule has 2 rings (SSSR count). The zero-order chi connectivity index (χ0) is 15.3. The number of nitrogens with zero attached hydrogens (tertiary/aromatic N) is 1. The molecule has 120 valence electrons. The number of alkyl halides is 3. The summed E-state index contributed by atoms with van der Waals surface area (Å²) in [7, 11) is 0. The average Bonchev–Trinajstić information content (AvgIpc) is 2.86. The Kier molecular flexibility index (Phi) is 5.70. The summed E-state index contributed by atoms with van der Waals surface area (Å²) in [5.74, 6) is -0.245. The summed E-state index contributed by atoms with van der Waals surface area (Å²) in [6, 6.07) is 1.92. The summed E-state index contributed by atoms with van der Waals surface area (Å²) in [6.45, 7) is 5.37. The minimum Gasteiger partial charge on any atom is -0.468 e. The summed E-state index contributed by atoms with van der Waals surface area (Å²) in [5.41, 5.74) is 1.07. The molecular formula is C15H23F3N2O. The van der Waals surface area contributed by atoms with Gasteiger partial charge in [0.2, 0.25) is 0 Å². The molecule has 0 unspecified atom stereocenters. The Hall–Kier alpha value is -1.01. The first-order chi connectivity index (χ1) is 10.0. The smallest absolute Gasteiger partial charge is 0.391 e. The minimum atomic E-state index is -4.04. The third-order valence-electron chi connectivity index (χ3n) is 3.99. The van der Waals surface area contributed by atoms with Crippen LogP contribution in [0.2, 0.25) is 0 Å². The first-order valence-corrected chi connectivity index (χ1v) is 7.55. The zero-order valence-electron chi connectivity index (χ0n) is 12.4. The second kappa shape index (κ2) is 7.31. The van der Waals surface area contributed by atoms with Gasteiger partial charge in [-0.2, -0.15) is 13.2 Å². The Morgan fingerprint density at radius 3 is 2.67 bits per heavy atom. The fourth-order valence-corrected chi connectivity index (χ4v) is 2.70. The molecule has 1 aliphatic heterocycles. The molecule has 1 N–H and O–H groups in total. The molecular weight excluding hydrogens is 281 g/mol. The Bertz CT molecular complexity index is 423. The van der Waals surface area contributed by atoms with Crippen molar-refractivity contribution in [3.8, 4) is 0 Å². The molecule has 0 aromatic carbocycles. The second-order valence-electron chi connectivity index (χ2n) is 5.64. The fourth-order valence-electron chi connectivity index (χ4n) is 2.70. The third kappa shape index (κ3) is 4.74. The van der Waals surface area contributed by atoms with Gasteiger partial charge in [0.1, 0.15) is 5.76 Å². The van der Waals surface area contributed by atoms with Crippen LogP contribution in [-0.4, -0.2) is 30.7 Å². The van der Waals surface area contributed by atoms with Crippen LogP contribution in [0.5, 0.6) is 0 Å². The van der Waals surface area contributed by atoms with Gasteiger partial charge in [0.05, 0.1) is 18.7 Å². The molecule has 21 heavy (non-hydrogen) atoms. The van der Waals surface area contributed by atoms with Crippen molar-refractivity contribution < 1.29 is 17.6 Å². The molecule has 0 saturated carbocycles. The molecule has 1 aromatic rings. The second-order valence-corrected chi connectivity index (χ2v) is 5.64. The lowest BCUT2D eigenvalue weighted by Gasteiger charge is -2.32. The van der Waals surface area contributed by atoms with Crippen LogP contribution in [0, 0.1) is 5.92 Å². The fraction of sp³-hybridized carbons (Fsp3) is 0.733. The molecule has 6 heteroatoms. The highest BCUT2D eigenvalue weighted by molar-refractivity contribution is 5.17. The van der Waals surface area contributed by atoms with Gasteiger partial charge in [0.25, 0.3) is 0 Å². The van der Waals surface area contributed by atoms with E-state index in [1.807, 2.05) is 6.07 Å². The van der Waals surface area contributed by atoms with E-state index in [2.05, 4.69) is 17.1 Å². The molecule has 1 aliphatic rings. The quantitative estimate of drug-likeness (QED) is 0.815. The molecule has 2 heterocycles. The van der Waals surface area contributed by atoms with Gasteiger partial charge in [0.15, 0.2) is 0 Å². The highest BCUT2D eigenvalue weighted by atomic mass is 19.4. The lowest BCUT2D eigenvalue weighted by Crippen LogP contribution is -2.38. The van der Waals surface area contributed by atoms with E-state index in [-0.39, 0.29) is 12.8 Å². The molecule has 1 aromatic heterocycles. The van der Waals surface area contributed by atoms with E-state index in [1.165, 1.54) is 0 Å². The van der Waals surface area contributed by atoms with Crippen molar-refractivity contribution >= 4 is 0 Å². The van der Waals surface area contributed by atoms with Crippen molar-refractivity contribution in [2.75, 3.05) is 19.6 Å². The summed E-state index contributed by atoms with van der Waals surface area (Å²) in [5, 5.41) is 3.28. The minimum absolute atomic E-state index is 0.199. The van der Waals surface area contributed by atoms with E-state index in [1.54, 1.807) is 6.26 Å². The predicted molar refractivity (Wildman–Crippen MR) is 74.8 cm³/mol. The standard InChI is InChI=1S/C15H23F3N2O/c1-2-6-19-10-14-12(5-9-21-14)11-20-7-3-13(4-8-20)15(16,17)18/h5,9,13,19H,2-4,6-8,10-11H2,1H3. The van der Waals surface area contributed by atoms with E-state index < -0.39 is 12.1 Å². The van der Waals surface area contributed by atoms with Crippen LogP contribution in [0.25, 0.3) is 0 Å². The number of likely N-dealkylation sites (tertiary alicyclic amines) is 1. The summed E-state index contributed by atoms with van der Waals surface area (Å²) >= 11 is 0. The van der Waals surface area contributed by atoms with E-state index >= 15 is 0 Å². The average molecular weight is 304 g/mol. The normalized spacial score (nSPS) is 18.3. The van der Waals surface area contributed by atoms with Crippen LogP contribution in [0.15, 0.2) is 16.7 Å². The Morgan fingerprint density at radius 1 is 1.33 bits per heavy atom. The summed E-state index contributed by atoms with van der Waals surface area (Å²) in [6.07, 6.45) is -0.936. The molecule has 0 bridgehead atoms. The lowest BCUT2D eigenvalue weighted by molar-refractivity contribution is -0.185. The van der Waals surface area contributed by atoms with E-state index in [4.69, 9.17) is 4.42 Å². The Balaban J connectivity index is 1.82. The van der Waals surface area contributed by atoms with Crippen LogP contribution in [-0.2, 0) is 13.1 Å². The molecule has 0 amide bonds. The number of nitrogens with one attached hydrogen (secondary N) is 1. The number of hydrogen-bond donors (Lipinski definition) is 1. The van der Waals surface area contributed by atoms with Crippen LogP contribution in [0.1, 0.15) is 37.5 Å². The van der Waals surface area contributed by atoms with Crippen molar-refractivity contribution in [1.82, 2.24) is 10.2 Å². The van der Waals surface area contributed by atoms with Gasteiger partial charge in [-0.15, -0.1) is 0 Å². The maximum Gasteiger partial charge on any atom is 0.391 e. The van der Waals surface area contributed by atoms with Gasteiger partial charge in [-0.3, -0.25) is 4.90 Å². The van der Waals surface area contributed by atoms with Crippen LogP contribution in [0.4, 0.5) is 13.2 Å². The van der Waals surface area contributed by atoms with Gasteiger partial charge in [-0.05, 0) is 45.0 Å². The van der Waals surface area contributed by atoms with Gasteiger partial charge >= 0.3 is 6.18 Å². The van der Waals surface area contributed by atoms with Gasteiger partial charge in [-0.25, -0.2) is 0 Å².